The van der Waals surface area contributed by atoms with Crippen LogP contribution in [0.1, 0.15) is 57.8 Å². The number of rotatable bonds is 6. The van der Waals surface area contributed by atoms with E-state index in [2.05, 4.69) is 0 Å². The quantitative estimate of drug-likeness (QED) is 0.779. The summed E-state index contributed by atoms with van der Waals surface area (Å²) in [6, 6.07) is 0.196. The lowest BCUT2D eigenvalue weighted by molar-refractivity contribution is -0.153. The van der Waals surface area contributed by atoms with Crippen molar-refractivity contribution in [3.63, 3.8) is 0 Å². The maximum Gasteiger partial charge on any atom is 0.310 e. The second-order valence-electron chi connectivity index (χ2n) is 6.22. The first-order chi connectivity index (χ1) is 9.59. The van der Waals surface area contributed by atoms with Gasteiger partial charge in [0.2, 0.25) is 5.91 Å². The van der Waals surface area contributed by atoms with Crippen molar-refractivity contribution in [3.05, 3.63) is 0 Å². The molecule has 20 heavy (non-hydrogen) atoms. The fraction of sp³-hybridized carbons (Fsp3) is 0.867. The molecule has 1 aliphatic carbocycles. The number of aliphatic hydroxyl groups excluding tert-OH is 1. The number of aliphatic hydroxyl groups is 1. The van der Waals surface area contributed by atoms with Gasteiger partial charge in [-0.05, 0) is 38.5 Å². The van der Waals surface area contributed by atoms with Crippen molar-refractivity contribution in [2.75, 3.05) is 13.2 Å². The van der Waals surface area contributed by atoms with Crippen LogP contribution < -0.4 is 0 Å². The third-order valence-corrected chi connectivity index (χ3v) is 4.90. The first kappa shape index (κ1) is 15.3. The summed E-state index contributed by atoms with van der Waals surface area (Å²) in [6.45, 7) is 0.891. The van der Waals surface area contributed by atoms with Gasteiger partial charge in [0.05, 0.1) is 5.41 Å². The third-order valence-electron chi connectivity index (χ3n) is 4.90. The standard InChI is InChI=1S/C15H25NO4/c17-10-4-6-12-5-3-9-16(12)13(18)11-15(14(19)20)7-1-2-8-15/h12,17H,1-11H2,(H,19,20). The van der Waals surface area contributed by atoms with E-state index in [-0.39, 0.29) is 25.0 Å². The van der Waals surface area contributed by atoms with E-state index in [1.165, 1.54) is 0 Å². The molecule has 0 spiro atoms. The molecule has 2 fully saturated rings. The lowest BCUT2D eigenvalue weighted by atomic mass is 9.82. The predicted octanol–water partition coefficient (Wildman–Crippen LogP) is 1.78. The Kier molecular flexibility index (Phi) is 5.02. The molecule has 2 aliphatic rings. The Morgan fingerprint density at radius 2 is 1.90 bits per heavy atom. The van der Waals surface area contributed by atoms with Crippen LogP contribution in [0.3, 0.4) is 0 Å². The highest BCUT2D eigenvalue weighted by atomic mass is 16.4. The number of nitrogens with zero attached hydrogens (tertiary/aromatic N) is 1. The smallest absolute Gasteiger partial charge is 0.310 e. The van der Waals surface area contributed by atoms with Gasteiger partial charge in [-0.1, -0.05) is 12.8 Å². The van der Waals surface area contributed by atoms with Crippen molar-refractivity contribution in [1.29, 1.82) is 0 Å². The number of carboxylic acid groups (broad SMARTS) is 1. The SMILES string of the molecule is O=C(CC1(C(=O)O)CCCC1)N1CCCC1CCCO. The molecule has 0 aromatic carbocycles. The highest BCUT2D eigenvalue weighted by Crippen LogP contribution is 2.42. The third kappa shape index (κ3) is 3.14. The van der Waals surface area contributed by atoms with Gasteiger partial charge in [-0.25, -0.2) is 0 Å². The minimum absolute atomic E-state index is 0.00487. The first-order valence-corrected chi connectivity index (χ1v) is 7.73. The molecule has 0 bridgehead atoms. The van der Waals surface area contributed by atoms with Crippen molar-refractivity contribution in [2.45, 2.75) is 63.8 Å². The Bertz CT molecular complexity index is 363. The van der Waals surface area contributed by atoms with Gasteiger partial charge in [0.25, 0.3) is 0 Å². The van der Waals surface area contributed by atoms with Gasteiger partial charge in [-0.2, -0.15) is 0 Å². The van der Waals surface area contributed by atoms with E-state index in [0.29, 0.717) is 19.3 Å². The van der Waals surface area contributed by atoms with Crippen LogP contribution in [-0.4, -0.2) is 46.2 Å². The van der Waals surface area contributed by atoms with E-state index in [1.807, 2.05) is 4.90 Å². The molecular weight excluding hydrogens is 258 g/mol. The summed E-state index contributed by atoms with van der Waals surface area (Å²) in [4.78, 5) is 25.9. The highest BCUT2D eigenvalue weighted by Gasteiger charge is 2.44. The van der Waals surface area contributed by atoms with E-state index in [0.717, 1.165) is 38.6 Å². The van der Waals surface area contributed by atoms with Gasteiger partial charge in [-0.15, -0.1) is 0 Å². The summed E-state index contributed by atoms with van der Waals surface area (Å²) < 4.78 is 0. The molecule has 5 nitrogen and oxygen atoms in total. The number of carbonyl (C=O) groups excluding carboxylic acids is 1. The van der Waals surface area contributed by atoms with E-state index in [9.17, 15) is 14.7 Å². The molecule has 1 amide bonds. The Balaban J connectivity index is 1.97. The monoisotopic (exact) mass is 283 g/mol. The Morgan fingerprint density at radius 1 is 1.20 bits per heavy atom. The zero-order valence-corrected chi connectivity index (χ0v) is 12.0. The number of carbonyl (C=O) groups is 2. The average molecular weight is 283 g/mol. The van der Waals surface area contributed by atoms with Crippen LogP contribution in [0.15, 0.2) is 0 Å². The van der Waals surface area contributed by atoms with Gasteiger partial charge in [-0.3, -0.25) is 9.59 Å². The van der Waals surface area contributed by atoms with Crippen molar-refractivity contribution >= 4 is 11.9 Å². The molecule has 1 atom stereocenters. The molecule has 1 saturated carbocycles. The summed E-state index contributed by atoms with van der Waals surface area (Å²) >= 11 is 0. The number of aliphatic carboxylic acids is 1. The zero-order chi connectivity index (χ0) is 14.6. The van der Waals surface area contributed by atoms with E-state index < -0.39 is 11.4 Å². The van der Waals surface area contributed by atoms with Crippen LogP contribution in [0, 0.1) is 5.41 Å². The molecule has 1 heterocycles. The van der Waals surface area contributed by atoms with Crippen LogP contribution in [0.2, 0.25) is 0 Å². The van der Waals surface area contributed by atoms with Crippen molar-refractivity contribution in [2.24, 2.45) is 5.41 Å². The number of amides is 1. The maximum atomic E-state index is 12.5. The molecule has 2 rings (SSSR count). The van der Waals surface area contributed by atoms with Crippen LogP contribution >= 0.6 is 0 Å². The molecule has 1 unspecified atom stereocenters. The molecule has 114 valence electrons. The van der Waals surface area contributed by atoms with Gasteiger partial charge >= 0.3 is 5.97 Å². The van der Waals surface area contributed by atoms with E-state index >= 15 is 0 Å². The largest absolute Gasteiger partial charge is 0.481 e. The fourth-order valence-electron chi connectivity index (χ4n) is 3.70. The van der Waals surface area contributed by atoms with Crippen molar-refractivity contribution < 1.29 is 19.8 Å². The summed E-state index contributed by atoms with van der Waals surface area (Å²) in [6.07, 6.45) is 6.72. The first-order valence-electron chi connectivity index (χ1n) is 7.73. The van der Waals surface area contributed by atoms with Crippen molar-refractivity contribution in [1.82, 2.24) is 4.90 Å². The maximum absolute atomic E-state index is 12.5. The Labute approximate surface area is 120 Å². The Hall–Kier alpha value is -1.10. The average Bonchev–Trinajstić information content (AvgIpc) is 3.05. The zero-order valence-electron chi connectivity index (χ0n) is 12.0. The van der Waals surface area contributed by atoms with E-state index in [1.54, 1.807) is 0 Å². The summed E-state index contributed by atoms with van der Waals surface area (Å²) in [7, 11) is 0. The second-order valence-corrected chi connectivity index (χ2v) is 6.22. The van der Waals surface area contributed by atoms with Crippen LogP contribution in [0.4, 0.5) is 0 Å². The van der Waals surface area contributed by atoms with Gasteiger partial charge in [0.1, 0.15) is 0 Å². The molecule has 0 radical (unpaired) electrons. The van der Waals surface area contributed by atoms with Crippen LogP contribution in [-0.2, 0) is 9.59 Å². The highest BCUT2D eigenvalue weighted by molar-refractivity contribution is 5.85. The van der Waals surface area contributed by atoms with Gasteiger partial charge in [0.15, 0.2) is 0 Å². The summed E-state index contributed by atoms with van der Waals surface area (Å²) in [5, 5.41) is 18.4. The summed E-state index contributed by atoms with van der Waals surface area (Å²) in [5.41, 5.74) is -0.818. The molecule has 1 aliphatic heterocycles. The fourth-order valence-corrected chi connectivity index (χ4v) is 3.70. The lowest BCUT2D eigenvalue weighted by Crippen LogP contribution is -2.41. The minimum atomic E-state index is -0.818. The van der Waals surface area contributed by atoms with Gasteiger partial charge in [0, 0.05) is 25.6 Å². The predicted molar refractivity (Wildman–Crippen MR) is 74.2 cm³/mol. The van der Waals surface area contributed by atoms with Crippen LogP contribution in [0.25, 0.3) is 0 Å². The minimum Gasteiger partial charge on any atom is -0.481 e. The number of hydrogen-bond acceptors (Lipinski definition) is 3. The molecule has 0 aromatic rings. The molecule has 5 heteroatoms. The van der Waals surface area contributed by atoms with Gasteiger partial charge < -0.3 is 15.1 Å². The normalized spacial score (nSPS) is 25.1. The second kappa shape index (κ2) is 6.57. The molecular formula is C15H25NO4. The summed E-state index contributed by atoms with van der Waals surface area (Å²) in [5.74, 6) is -0.816. The molecule has 2 N–H and O–H groups in total. The number of hydrogen-bond donors (Lipinski definition) is 2. The molecule has 0 aromatic heterocycles. The van der Waals surface area contributed by atoms with Crippen molar-refractivity contribution in [3.8, 4) is 0 Å². The lowest BCUT2D eigenvalue weighted by Gasteiger charge is -2.29. The number of likely N-dealkylation sites (tertiary alicyclic amines) is 1. The Morgan fingerprint density at radius 3 is 2.50 bits per heavy atom. The topological polar surface area (TPSA) is 77.8 Å². The van der Waals surface area contributed by atoms with E-state index in [4.69, 9.17) is 5.11 Å². The molecule has 1 saturated heterocycles. The number of carboxylic acids is 1. The van der Waals surface area contributed by atoms with Crippen LogP contribution in [0.5, 0.6) is 0 Å².